The van der Waals surface area contributed by atoms with Gasteiger partial charge in [-0.1, -0.05) is 0 Å². The van der Waals surface area contributed by atoms with Gasteiger partial charge in [-0.3, -0.25) is 14.3 Å². The number of likely N-dealkylation sites (tertiary alicyclic amines) is 1. The van der Waals surface area contributed by atoms with Crippen LogP contribution < -0.4 is 10.1 Å². The first-order valence-corrected chi connectivity index (χ1v) is 12.2. The number of benzene rings is 1. The Morgan fingerprint density at radius 2 is 2.11 bits per heavy atom. The minimum absolute atomic E-state index is 0.0778. The topological polar surface area (TPSA) is 122 Å². The molecule has 194 valence electrons. The van der Waals surface area contributed by atoms with Crippen molar-refractivity contribution in [1.82, 2.24) is 24.6 Å². The molecule has 0 unspecified atom stereocenters. The first kappa shape index (κ1) is 24.8. The number of aromatic nitrogens is 4. The lowest BCUT2D eigenvalue weighted by atomic mass is 10.0. The minimum Gasteiger partial charge on any atom is -0.487 e. The van der Waals surface area contributed by atoms with Gasteiger partial charge < -0.3 is 20.1 Å². The third kappa shape index (κ3) is 5.46. The maximum absolute atomic E-state index is 14.6. The Balaban J connectivity index is 1.21. The van der Waals surface area contributed by atoms with Crippen LogP contribution in [-0.4, -0.2) is 73.5 Å². The van der Waals surface area contributed by atoms with Crippen LogP contribution in [0.1, 0.15) is 29.9 Å². The van der Waals surface area contributed by atoms with Gasteiger partial charge in [0.2, 0.25) is 11.8 Å². The zero-order valence-corrected chi connectivity index (χ0v) is 20.7. The van der Waals surface area contributed by atoms with Crippen molar-refractivity contribution < 1.29 is 23.8 Å². The second-order valence-electron chi connectivity index (χ2n) is 9.61. The number of nitrogens with one attached hydrogen (secondary N) is 1. The number of ether oxygens (including phenoxy) is 1. The smallest absolute Gasteiger partial charge is 0.248 e. The SMILES string of the molecule is Cc1cc(-c2cc(NC(=O)[C@@H]3C[C@H]3c3cnn(C)c3)ncn2)ccc1O[C@H]1CCN(C(=O)CO)C[C@H]1F. The molecule has 1 aliphatic carbocycles. The van der Waals surface area contributed by atoms with Crippen molar-refractivity contribution in [2.24, 2.45) is 13.0 Å². The van der Waals surface area contributed by atoms with E-state index < -0.39 is 24.8 Å². The number of piperidine rings is 1. The fourth-order valence-corrected chi connectivity index (χ4v) is 4.73. The second kappa shape index (κ2) is 10.3. The maximum atomic E-state index is 14.6. The van der Waals surface area contributed by atoms with Gasteiger partial charge in [0.25, 0.3) is 0 Å². The molecule has 37 heavy (non-hydrogen) atoms. The largest absolute Gasteiger partial charge is 0.487 e. The number of hydrogen-bond acceptors (Lipinski definition) is 7. The zero-order chi connectivity index (χ0) is 26.1. The standard InChI is InChI=1S/C26H29FN6O4/c1-15-7-16(3-4-22(15)37-23-5-6-33(12-20(23)27)25(35)13-34)21-9-24(29-14-28-21)31-26(36)19-8-18(19)17-10-30-32(2)11-17/h3-4,7,9-11,14,18-20,23,34H,5-6,8,12-13H2,1-2H3,(H,28,29,31,36)/t18-,19+,20+,23-/m0/s1. The number of aliphatic hydroxyl groups is 1. The molecule has 2 amide bonds. The average molecular weight is 509 g/mol. The van der Waals surface area contributed by atoms with E-state index in [1.165, 1.54) is 11.2 Å². The quantitative estimate of drug-likeness (QED) is 0.502. The highest BCUT2D eigenvalue weighted by Crippen LogP contribution is 2.47. The van der Waals surface area contributed by atoms with Gasteiger partial charge >= 0.3 is 0 Å². The van der Waals surface area contributed by atoms with Crippen molar-refractivity contribution in [2.75, 3.05) is 25.0 Å². The number of anilines is 1. The Bertz CT molecular complexity index is 1310. The minimum atomic E-state index is -1.35. The molecule has 1 aliphatic heterocycles. The van der Waals surface area contributed by atoms with Crippen LogP contribution in [0.3, 0.4) is 0 Å². The fraction of sp³-hybridized carbons (Fsp3) is 0.423. The number of aliphatic hydroxyl groups excluding tert-OH is 1. The molecular weight excluding hydrogens is 479 g/mol. The van der Waals surface area contributed by atoms with E-state index in [4.69, 9.17) is 9.84 Å². The third-order valence-corrected chi connectivity index (χ3v) is 6.92. The normalized spacial score (nSPS) is 23.0. The van der Waals surface area contributed by atoms with Crippen LogP contribution in [0.2, 0.25) is 0 Å². The molecule has 0 bridgehead atoms. The van der Waals surface area contributed by atoms with Gasteiger partial charge in [-0.05, 0) is 48.6 Å². The fourth-order valence-electron chi connectivity index (χ4n) is 4.73. The van der Waals surface area contributed by atoms with Crippen LogP contribution in [0.5, 0.6) is 5.75 Å². The van der Waals surface area contributed by atoms with Gasteiger partial charge in [-0.25, -0.2) is 14.4 Å². The second-order valence-corrected chi connectivity index (χ2v) is 9.61. The monoisotopic (exact) mass is 508 g/mol. The van der Waals surface area contributed by atoms with E-state index in [9.17, 15) is 14.0 Å². The molecule has 11 heteroatoms. The predicted molar refractivity (Wildman–Crippen MR) is 132 cm³/mol. The van der Waals surface area contributed by atoms with E-state index in [0.29, 0.717) is 30.2 Å². The summed E-state index contributed by atoms with van der Waals surface area (Å²) < 4.78 is 22.3. The predicted octanol–water partition coefficient (Wildman–Crippen LogP) is 2.24. The molecule has 4 atom stereocenters. The number of nitrogens with zero attached hydrogens (tertiary/aromatic N) is 5. The molecule has 2 aliphatic rings. The Morgan fingerprint density at radius 1 is 1.27 bits per heavy atom. The summed E-state index contributed by atoms with van der Waals surface area (Å²) in [7, 11) is 1.86. The maximum Gasteiger partial charge on any atom is 0.248 e. The summed E-state index contributed by atoms with van der Waals surface area (Å²) in [4.78, 5) is 34.2. The average Bonchev–Trinajstić information content (AvgIpc) is 3.59. The van der Waals surface area contributed by atoms with Crippen LogP contribution in [0.15, 0.2) is 43.0 Å². The highest BCUT2D eigenvalue weighted by Gasteiger charge is 2.44. The summed E-state index contributed by atoms with van der Waals surface area (Å²) in [6.45, 7) is 1.48. The summed E-state index contributed by atoms with van der Waals surface area (Å²) in [5, 5.41) is 16.1. The molecule has 3 aromatic rings. The van der Waals surface area contributed by atoms with Gasteiger partial charge in [-0.2, -0.15) is 5.10 Å². The lowest BCUT2D eigenvalue weighted by Crippen LogP contribution is -2.50. The molecule has 0 radical (unpaired) electrons. The molecule has 3 heterocycles. The molecule has 2 aromatic heterocycles. The molecule has 1 saturated carbocycles. The van der Waals surface area contributed by atoms with Crippen LogP contribution in [-0.2, 0) is 16.6 Å². The van der Waals surface area contributed by atoms with E-state index >= 15 is 0 Å². The number of amides is 2. The summed E-state index contributed by atoms with van der Waals surface area (Å²) in [6.07, 6.45) is 4.24. The molecule has 10 nitrogen and oxygen atoms in total. The zero-order valence-electron chi connectivity index (χ0n) is 20.7. The van der Waals surface area contributed by atoms with Crippen LogP contribution >= 0.6 is 0 Å². The van der Waals surface area contributed by atoms with Crippen molar-refractivity contribution in [3.8, 4) is 17.0 Å². The van der Waals surface area contributed by atoms with Gasteiger partial charge in [0, 0.05) is 43.8 Å². The summed E-state index contributed by atoms with van der Waals surface area (Å²) >= 11 is 0. The van der Waals surface area contributed by atoms with Crippen molar-refractivity contribution in [1.29, 1.82) is 0 Å². The lowest BCUT2D eigenvalue weighted by molar-refractivity contribution is -0.138. The number of alkyl halides is 1. The van der Waals surface area contributed by atoms with E-state index in [0.717, 1.165) is 23.1 Å². The van der Waals surface area contributed by atoms with Gasteiger partial charge in [0.05, 0.1) is 18.4 Å². The molecule has 5 rings (SSSR count). The van der Waals surface area contributed by atoms with Crippen LogP contribution in [0.25, 0.3) is 11.3 Å². The number of aryl methyl sites for hydroxylation is 2. The van der Waals surface area contributed by atoms with Crippen molar-refractivity contribution >= 4 is 17.6 Å². The summed E-state index contributed by atoms with van der Waals surface area (Å²) in [6, 6.07) is 7.21. The molecule has 1 saturated heterocycles. The third-order valence-electron chi connectivity index (χ3n) is 6.92. The van der Waals surface area contributed by atoms with Gasteiger partial charge in [-0.15, -0.1) is 0 Å². The van der Waals surface area contributed by atoms with Gasteiger partial charge in [0.15, 0.2) is 6.17 Å². The summed E-state index contributed by atoms with van der Waals surface area (Å²) in [5.74, 6) is 0.495. The number of hydrogen-bond donors (Lipinski definition) is 2. The van der Waals surface area contributed by atoms with Crippen LogP contribution in [0.4, 0.5) is 10.2 Å². The van der Waals surface area contributed by atoms with Crippen molar-refractivity contribution in [2.45, 2.75) is 38.0 Å². The number of carbonyl (C=O) groups excluding carboxylic acids is 2. The molecule has 2 N–H and O–H groups in total. The van der Waals surface area contributed by atoms with Gasteiger partial charge in [0.1, 0.15) is 30.6 Å². The van der Waals surface area contributed by atoms with E-state index in [1.807, 2.05) is 32.3 Å². The Kier molecular flexibility index (Phi) is 6.88. The Morgan fingerprint density at radius 3 is 2.81 bits per heavy atom. The highest BCUT2D eigenvalue weighted by molar-refractivity contribution is 5.94. The van der Waals surface area contributed by atoms with Crippen LogP contribution in [0, 0.1) is 12.8 Å². The van der Waals surface area contributed by atoms with Crippen molar-refractivity contribution in [3.05, 3.63) is 54.1 Å². The lowest BCUT2D eigenvalue weighted by Gasteiger charge is -2.34. The molecule has 0 spiro atoms. The number of halogens is 1. The molecular formula is C26H29FN6O4. The summed E-state index contributed by atoms with van der Waals surface area (Å²) in [5.41, 5.74) is 3.31. The number of rotatable bonds is 7. The van der Waals surface area contributed by atoms with E-state index in [1.54, 1.807) is 23.0 Å². The Labute approximate surface area is 213 Å². The Hall–Kier alpha value is -3.86. The number of carbonyl (C=O) groups is 2. The van der Waals surface area contributed by atoms with Crippen molar-refractivity contribution in [3.63, 3.8) is 0 Å². The van der Waals surface area contributed by atoms with E-state index in [2.05, 4.69) is 20.4 Å². The molecule has 1 aromatic carbocycles. The molecule has 2 fully saturated rings. The first-order valence-electron chi connectivity index (χ1n) is 12.2. The first-order chi connectivity index (χ1) is 17.8. The highest BCUT2D eigenvalue weighted by atomic mass is 19.1. The van der Waals surface area contributed by atoms with E-state index in [-0.39, 0.29) is 24.3 Å².